The molecule has 0 saturated carbocycles. The molecule has 17 heavy (non-hydrogen) atoms. The van der Waals surface area contributed by atoms with Crippen molar-refractivity contribution in [1.82, 2.24) is 9.97 Å². The number of rotatable bonds is 1. The predicted molar refractivity (Wildman–Crippen MR) is 69.4 cm³/mol. The Hall–Kier alpha value is -1.33. The molecule has 2 aromatic rings. The summed E-state index contributed by atoms with van der Waals surface area (Å²) in [4.78, 5) is 18.0. The highest BCUT2D eigenvalue weighted by atomic mass is 79.9. The van der Waals surface area contributed by atoms with Gasteiger partial charge in [-0.3, -0.25) is 4.79 Å². The van der Waals surface area contributed by atoms with Gasteiger partial charge in [0.05, 0.1) is 10.6 Å². The Morgan fingerprint density at radius 3 is 2.76 bits per heavy atom. The summed E-state index contributed by atoms with van der Waals surface area (Å²) in [5.74, 6) is -0.0432. The fourth-order valence-electron chi connectivity index (χ4n) is 1.33. The third-order valence-electron chi connectivity index (χ3n) is 2.31. The second-order valence-corrected chi connectivity index (χ2v) is 4.81. The van der Waals surface area contributed by atoms with Crippen LogP contribution < -0.4 is 5.56 Å². The zero-order valence-corrected chi connectivity index (χ0v) is 11.1. The van der Waals surface area contributed by atoms with Crippen molar-refractivity contribution < 1.29 is 5.11 Å². The molecular weight excluding hydrogens is 307 g/mol. The summed E-state index contributed by atoms with van der Waals surface area (Å²) in [5.41, 5.74) is 0.357. The van der Waals surface area contributed by atoms with Crippen LogP contribution in [0.1, 0.15) is 5.56 Å². The van der Waals surface area contributed by atoms with Crippen molar-refractivity contribution in [2.45, 2.75) is 6.92 Å². The van der Waals surface area contributed by atoms with Gasteiger partial charge < -0.3 is 10.1 Å². The SMILES string of the molecule is Cc1c(O)nc(-c2ccc(Br)cc2Cl)[nH]c1=O. The molecule has 0 radical (unpaired) electrons. The Morgan fingerprint density at radius 2 is 2.18 bits per heavy atom. The molecule has 0 spiro atoms. The zero-order chi connectivity index (χ0) is 12.6. The lowest BCUT2D eigenvalue weighted by atomic mass is 10.2. The number of nitrogens with one attached hydrogen (secondary N) is 1. The number of halogens is 2. The van der Waals surface area contributed by atoms with Gasteiger partial charge in [-0.2, -0.15) is 4.98 Å². The largest absolute Gasteiger partial charge is 0.493 e. The van der Waals surface area contributed by atoms with Crippen LogP contribution in [0.15, 0.2) is 27.5 Å². The Kier molecular flexibility index (Phi) is 3.22. The fraction of sp³-hybridized carbons (Fsp3) is 0.0909. The second-order valence-electron chi connectivity index (χ2n) is 3.49. The molecule has 1 aromatic heterocycles. The lowest BCUT2D eigenvalue weighted by molar-refractivity contribution is 0.447. The van der Waals surface area contributed by atoms with E-state index in [0.29, 0.717) is 10.6 Å². The summed E-state index contributed by atoms with van der Waals surface area (Å²) in [5, 5.41) is 9.94. The van der Waals surface area contributed by atoms with E-state index in [4.69, 9.17) is 11.6 Å². The van der Waals surface area contributed by atoms with Crippen molar-refractivity contribution >= 4 is 27.5 Å². The normalized spacial score (nSPS) is 10.5. The first-order valence-corrected chi connectivity index (χ1v) is 5.91. The Labute approximate surface area is 110 Å². The number of benzene rings is 1. The summed E-state index contributed by atoms with van der Waals surface area (Å²) in [7, 11) is 0. The topological polar surface area (TPSA) is 66.0 Å². The molecular formula is C11H8BrClN2O2. The smallest absolute Gasteiger partial charge is 0.257 e. The molecule has 0 aliphatic heterocycles. The number of hydrogen-bond acceptors (Lipinski definition) is 3. The van der Waals surface area contributed by atoms with Crippen LogP contribution in [-0.2, 0) is 0 Å². The number of H-pyrrole nitrogens is 1. The molecule has 0 unspecified atom stereocenters. The number of nitrogens with zero attached hydrogens (tertiary/aromatic N) is 1. The van der Waals surface area contributed by atoms with Gasteiger partial charge in [-0.1, -0.05) is 27.5 Å². The van der Waals surface area contributed by atoms with E-state index < -0.39 is 0 Å². The molecule has 0 bridgehead atoms. The average molecular weight is 316 g/mol. The molecule has 1 heterocycles. The van der Waals surface area contributed by atoms with E-state index in [1.807, 2.05) is 0 Å². The van der Waals surface area contributed by atoms with Gasteiger partial charge in [0.2, 0.25) is 5.88 Å². The first-order valence-electron chi connectivity index (χ1n) is 4.74. The highest BCUT2D eigenvalue weighted by Crippen LogP contribution is 2.28. The average Bonchev–Trinajstić information content (AvgIpc) is 2.25. The van der Waals surface area contributed by atoms with Gasteiger partial charge >= 0.3 is 0 Å². The van der Waals surface area contributed by atoms with Gasteiger partial charge in [-0.05, 0) is 25.1 Å². The third kappa shape index (κ3) is 2.35. The van der Waals surface area contributed by atoms with Gasteiger partial charge in [-0.25, -0.2) is 0 Å². The molecule has 0 saturated heterocycles. The number of hydrogen-bond donors (Lipinski definition) is 2. The van der Waals surface area contributed by atoms with E-state index in [0.717, 1.165) is 4.47 Å². The van der Waals surface area contributed by atoms with Crippen LogP contribution in [0, 0.1) is 6.92 Å². The molecule has 0 atom stereocenters. The van der Waals surface area contributed by atoms with Crippen LogP contribution in [-0.4, -0.2) is 15.1 Å². The third-order valence-corrected chi connectivity index (χ3v) is 3.12. The summed E-state index contributed by atoms with van der Waals surface area (Å²) in [6.45, 7) is 1.49. The van der Waals surface area contributed by atoms with Gasteiger partial charge in [0.25, 0.3) is 5.56 Å². The van der Waals surface area contributed by atoms with E-state index in [1.54, 1.807) is 18.2 Å². The molecule has 4 nitrogen and oxygen atoms in total. The van der Waals surface area contributed by atoms with Crippen molar-refractivity contribution in [2.75, 3.05) is 0 Å². The minimum atomic E-state index is -0.383. The molecule has 1 aromatic carbocycles. The Morgan fingerprint density at radius 1 is 1.47 bits per heavy atom. The zero-order valence-electron chi connectivity index (χ0n) is 8.79. The number of aromatic hydroxyl groups is 1. The maximum atomic E-state index is 11.5. The maximum Gasteiger partial charge on any atom is 0.257 e. The molecule has 0 fully saturated rings. The van der Waals surface area contributed by atoms with Crippen molar-refractivity contribution in [1.29, 1.82) is 0 Å². The molecule has 2 rings (SSSR count). The van der Waals surface area contributed by atoms with E-state index in [9.17, 15) is 9.90 Å². The van der Waals surface area contributed by atoms with Crippen molar-refractivity contribution in [3.8, 4) is 17.3 Å². The van der Waals surface area contributed by atoms with Crippen LogP contribution in [0.4, 0.5) is 0 Å². The van der Waals surface area contributed by atoms with Crippen molar-refractivity contribution in [3.05, 3.63) is 43.6 Å². The van der Waals surface area contributed by atoms with Crippen LogP contribution in [0.3, 0.4) is 0 Å². The predicted octanol–water partition coefficient (Wildman–Crippen LogP) is 2.87. The van der Waals surface area contributed by atoms with Crippen molar-refractivity contribution in [2.24, 2.45) is 0 Å². The highest BCUT2D eigenvalue weighted by molar-refractivity contribution is 9.10. The second kappa shape index (κ2) is 4.50. The molecule has 0 aliphatic rings. The summed E-state index contributed by atoms with van der Waals surface area (Å²) in [6, 6.07) is 5.17. The fourth-order valence-corrected chi connectivity index (χ4v) is 2.09. The lowest BCUT2D eigenvalue weighted by Crippen LogP contribution is -2.12. The summed E-state index contributed by atoms with van der Waals surface area (Å²) >= 11 is 9.32. The van der Waals surface area contributed by atoms with E-state index in [1.165, 1.54) is 6.92 Å². The highest BCUT2D eigenvalue weighted by Gasteiger charge is 2.10. The molecule has 0 aliphatic carbocycles. The van der Waals surface area contributed by atoms with Gasteiger partial charge in [0, 0.05) is 10.0 Å². The Balaban J connectivity index is 2.65. The Bertz CT molecular complexity index is 640. The van der Waals surface area contributed by atoms with Gasteiger partial charge in [0.1, 0.15) is 5.82 Å². The first kappa shape index (κ1) is 12.1. The van der Waals surface area contributed by atoms with Crippen LogP contribution in [0.2, 0.25) is 5.02 Å². The maximum absolute atomic E-state index is 11.5. The monoisotopic (exact) mass is 314 g/mol. The standard InChI is InChI=1S/C11H8BrClN2O2/c1-5-10(16)14-9(15-11(5)17)7-3-2-6(12)4-8(7)13/h2-4H,1H3,(H2,14,15,16,17). The minimum Gasteiger partial charge on any atom is -0.493 e. The molecule has 6 heteroatoms. The quantitative estimate of drug-likeness (QED) is 0.850. The van der Waals surface area contributed by atoms with E-state index >= 15 is 0 Å². The van der Waals surface area contributed by atoms with E-state index in [2.05, 4.69) is 25.9 Å². The lowest BCUT2D eigenvalue weighted by Gasteiger charge is -2.05. The van der Waals surface area contributed by atoms with Crippen LogP contribution in [0.25, 0.3) is 11.4 Å². The number of aromatic nitrogens is 2. The van der Waals surface area contributed by atoms with Gasteiger partial charge in [-0.15, -0.1) is 0 Å². The minimum absolute atomic E-state index is 0.182. The summed E-state index contributed by atoms with van der Waals surface area (Å²) in [6.07, 6.45) is 0. The summed E-state index contributed by atoms with van der Waals surface area (Å²) < 4.78 is 0.824. The van der Waals surface area contributed by atoms with Crippen molar-refractivity contribution in [3.63, 3.8) is 0 Å². The van der Waals surface area contributed by atoms with Crippen LogP contribution in [0.5, 0.6) is 5.88 Å². The van der Waals surface area contributed by atoms with Crippen LogP contribution >= 0.6 is 27.5 Å². The molecule has 2 N–H and O–H groups in total. The molecule has 88 valence electrons. The first-order chi connectivity index (χ1) is 7.99. The molecule has 0 amide bonds. The van der Waals surface area contributed by atoms with Gasteiger partial charge in [0.15, 0.2) is 0 Å². The van der Waals surface area contributed by atoms with E-state index in [-0.39, 0.29) is 22.8 Å². The number of aromatic amines is 1.